The Morgan fingerprint density at radius 1 is 0.733 bits per heavy atom. The van der Waals surface area contributed by atoms with Crippen molar-refractivity contribution in [1.29, 1.82) is 0 Å². The SMILES string of the molecule is CC1(C)OB(c2cc3c4c(c2)Sc2ccccc2B4c2ccccc2O3)OC1(C)C. The van der Waals surface area contributed by atoms with Crippen molar-refractivity contribution in [1.82, 2.24) is 0 Å². The van der Waals surface area contributed by atoms with Crippen LogP contribution in [0.3, 0.4) is 0 Å². The van der Waals surface area contributed by atoms with Crippen molar-refractivity contribution in [2.24, 2.45) is 0 Å². The van der Waals surface area contributed by atoms with E-state index >= 15 is 0 Å². The van der Waals surface area contributed by atoms with Crippen molar-refractivity contribution in [3.63, 3.8) is 0 Å². The highest BCUT2D eigenvalue weighted by Gasteiger charge is 2.52. The van der Waals surface area contributed by atoms with Gasteiger partial charge in [-0.3, -0.25) is 0 Å². The van der Waals surface area contributed by atoms with Gasteiger partial charge in [-0.1, -0.05) is 53.6 Å². The molecule has 0 amide bonds. The molecular formula is C24H22B2O3S. The fourth-order valence-corrected chi connectivity index (χ4v) is 5.74. The Hall–Kier alpha value is -2.14. The predicted octanol–water partition coefficient (Wildman–Crippen LogP) is 3.07. The maximum Gasteiger partial charge on any atom is 0.495 e. The lowest BCUT2D eigenvalue weighted by molar-refractivity contribution is 0.00578. The minimum atomic E-state index is -0.409. The molecule has 0 spiro atoms. The number of fused-ring (bicyclic) bond motifs is 4. The summed E-state index contributed by atoms with van der Waals surface area (Å²) in [5.41, 5.74) is 4.07. The third-order valence-corrected chi connectivity index (χ3v) is 7.99. The molecular weight excluding hydrogens is 390 g/mol. The summed E-state index contributed by atoms with van der Waals surface area (Å²) in [5.74, 6) is 1.83. The molecule has 0 radical (unpaired) electrons. The molecule has 0 N–H and O–H groups in total. The Labute approximate surface area is 182 Å². The van der Waals surface area contributed by atoms with E-state index in [1.807, 2.05) is 6.07 Å². The van der Waals surface area contributed by atoms with E-state index in [2.05, 4.69) is 82.3 Å². The second-order valence-electron chi connectivity index (χ2n) is 9.23. The Kier molecular flexibility index (Phi) is 3.84. The highest BCUT2D eigenvalue weighted by atomic mass is 32.2. The largest absolute Gasteiger partial charge is 0.495 e. The molecule has 6 heteroatoms. The minimum Gasteiger partial charge on any atom is -0.458 e. The fourth-order valence-electron chi connectivity index (χ4n) is 4.53. The second-order valence-corrected chi connectivity index (χ2v) is 10.3. The number of hydrogen-bond acceptors (Lipinski definition) is 4. The maximum atomic E-state index is 6.42. The molecule has 0 saturated carbocycles. The van der Waals surface area contributed by atoms with Gasteiger partial charge in [0.25, 0.3) is 6.71 Å². The normalized spacial score (nSPS) is 19.6. The van der Waals surface area contributed by atoms with Crippen molar-refractivity contribution in [3.05, 3.63) is 60.7 Å². The van der Waals surface area contributed by atoms with E-state index in [1.165, 1.54) is 26.2 Å². The van der Waals surface area contributed by atoms with Gasteiger partial charge in [-0.15, -0.1) is 0 Å². The number of benzene rings is 3. The Morgan fingerprint density at radius 2 is 1.40 bits per heavy atom. The smallest absolute Gasteiger partial charge is 0.458 e. The molecule has 1 saturated heterocycles. The van der Waals surface area contributed by atoms with Crippen molar-refractivity contribution in [2.45, 2.75) is 48.7 Å². The molecule has 0 unspecified atom stereocenters. The molecule has 3 aromatic carbocycles. The Bertz CT molecular complexity index is 1100. The molecule has 148 valence electrons. The molecule has 3 heterocycles. The van der Waals surface area contributed by atoms with Gasteiger partial charge < -0.3 is 14.0 Å². The summed E-state index contributed by atoms with van der Waals surface area (Å²) < 4.78 is 19.1. The topological polar surface area (TPSA) is 27.7 Å². The van der Waals surface area contributed by atoms with Crippen molar-refractivity contribution in [3.8, 4) is 11.5 Å². The molecule has 3 aromatic rings. The van der Waals surface area contributed by atoms with Gasteiger partial charge in [0, 0.05) is 9.79 Å². The standard InChI is InChI=1S/C24H22B2O3S/c1-23(2)24(3,4)29-26(28-23)15-13-19-22-21(14-15)30-20-12-8-6-10-17(20)25(22)16-9-5-7-11-18(16)27-19/h5-14H,1-4H3. The van der Waals surface area contributed by atoms with E-state index in [0.717, 1.165) is 17.0 Å². The summed E-state index contributed by atoms with van der Waals surface area (Å²) in [6, 6.07) is 21.4. The molecule has 0 aromatic heterocycles. The fraction of sp³-hybridized carbons (Fsp3) is 0.250. The highest BCUT2D eigenvalue weighted by molar-refractivity contribution is 8.00. The van der Waals surface area contributed by atoms with Crippen molar-refractivity contribution < 1.29 is 14.0 Å². The lowest BCUT2D eigenvalue weighted by Gasteiger charge is -2.33. The van der Waals surface area contributed by atoms with E-state index in [9.17, 15) is 0 Å². The average molecular weight is 412 g/mol. The molecule has 30 heavy (non-hydrogen) atoms. The second kappa shape index (κ2) is 6.19. The molecule has 3 aliphatic rings. The van der Waals surface area contributed by atoms with Gasteiger partial charge in [0.15, 0.2) is 0 Å². The van der Waals surface area contributed by atoms with Crippen LogP contribution >= 0.6 is 11.8 Å². The van der Waals surface area contributed by atoms with E-state index in [1.54, 1.807) is 11.8 Å². The first kappa shape index (κ1) is 18.6. The summed E-state index contributed by atoms with van der Waals surface area (Å²) >= 11 is 1.81. The molecule has 0 aliphatic carbocycles. The van der Waals surface area contributed by atoms with Gasteiger partial charge in [0.2, 0.25) is 0 Å². The number of para-hydroxylation sites is 1. The summed E-state index contributed by atoms with van der Waals surface area (Å²) in [7, 11) is -0.409. The third-order valence-electron chi connectivity index (χ3n) is 6.84. The van der Waals surface area contributed by atoms with Crippen molar-refractivity contribution in [2.75, 3.05) is 0 Å². The summed E-state index contributed by atoms with van der Waals surface area (Å²) in [5, 5.41) is 0. The van der Waals surface area contributed by atoms with Gasteiger partial charge >= 0.3 is 7.12 Å². The van der Waals surface area contributed by atoms with E-state index in [0.29, 0.717) is 0 Å². The molecule has 6 rings (SSSR count). The first-order valence-corrected chi connectivity index (χ1v) is 11.2. The Morgan fingerprint density at radius 3 is 2.17 bits per heavy atom. The van der Waals surface area contributed by atoms with Crippen LogP contribution in [0.2, 0.25) is 0 Å². The van der Waals surface area contributed by atoms with E-state index < -0.39 is 7.12 Å². The van der Waals surface area contributed by atoms with Gasteiger partial charge in [0.05, 0.1) is 11.2 Å². The van der Waals surface area contributed by atoms with Crippen LogP contribution in [0, 0.1) is 0 Å². The third kappa shape index (κ3) is 2.57. The average Bonchev–Trinajstić information content (AvgIpc) is 2.94. The lowest BCUT2D eigenvalue weighted by Crippen LogP contribution is -2.58. The lowest BCUT2D eigenvalue weighted by atomic mass is 9.35. The van der Waals surface area contributed by atoms with Gasteiger partial charge in [-0.25, -0.2) is 0 Å². The first-order chi connectivity index (χ1) is 14.3. The predicted molar refractivity (Wildman–Crippen MR) is 124 cm³/mol. The summed E-state index contributed by atoms with van der Waals surface area (Å²) in [6.07, 6.45) is 0. The van der Waals surface area contributed by atoms with Crippen molar-refractivity contribution >= 4 is 47.4 Å². The van der Waals surface area contributed by atoms with Crippen LogP contribution in [0.1, 0.15) is 27.7 Å². The maximum absolute atomic E-state index is 6.42. The van der Waals surface area contributed by atoms with Crippen LogP contribution in [0.25, 0.3) is 0 Å². The van der Waals surface area contributed by atoms with Crippen LogP contribution in [0.5, 0.6) is 11.5 Å². The molecule has 1 fully saturated rings. The zero-order valence-electron chi connectivity index (χ0n) is 17.6. The number of ether oxygens (including phenoxy) is 1. The zero-order chi connectivity index (χ0) is 20.7. The van der Waals surface area contributed by atoms with E-state index in [4.69, 9.17) is 14.0 Å². The Balaban J connectivity index is 1.53. The number of rotatable bonds is 1. The van der Waals surface area contributed by atoms with E-state index in [-0.39, 0.29) is 17.9 Å². The van der Waals surface area contributed by atoms with Crippen LogP contribution < -0.4 is 26.6 Å². The molecule has 0 atom stereocenters. The first-order valence-electron chi connectivity index (χ1n) is 10.4. The van der Waals surface area contributed by atoms with Crippen LogP contribution in [-0.4, -0.2) is 25.0 Å². The molecule has 3 aliphatic heterocycles. The van der Waals surface area contributed by atoms with Crippen LogP contribution in [0.15, 0.2) is 70.5 Å². The zero-order valence-corrected chi connectivity index (χ0v) is 18.4. The van der Waals surface area contributed by atoms with Crippen LogP contribution in [0.4, 0.5) is 0 Å². The highest BCUT2D eigenvalue weighted by Crippen LogP contribution is 2.39. The quantitative estimate of drug-likeness (QED) is 0.396. The van der Waals surface area contributed by atoms with Gasteiger partial charge in [0.1, 0.15) is 11.5 Å². The summed E-state index contributed by atoms with van der Waals surface area (Å²) in [6.45, 7) is 8.53. The number of hydrogen-bond donors (Lipinski definition) is 0. The molecule has 0 bridgehead atoms. The monoisotopic (exact) mass is 412 g/mol. The van der Waals surface area contributed by atoms with Gasteiger partial charge in [-0.05, 0) is 68.3 Å². The van der Waals surface area contributed by atoms with Crippen LogP contribution in [-0.2, 0) is 9.31 Å². The minimum absolute atomic E-state index is 0.185. The summed E-state index contributed by atoms with van der Waals surface area (Å²) in [4.78, 5) is 2.51. The molecule has 3 nitrogen and oxygen atoms in total. The van der Waals surface area contributed by atoms with Gasteiger partial charge in [-0.2, -0.15) is 0 Å².